The summed E-state index contributed by atoms with van der Waals surface area (Å²) in [7, 11) is -4.53. The second kappa shape index (κ2) is 9.68. The molecule has 0 amide bonds. The predicted molar refractivity (Wildman–Crippen MR) is 158 cm³/mol. The number of rotatable bonds is 6. The summed E-state index contributed by atoms with van der Waals surface area (Å²) in [4.78, 5) is 0. The Morgan fingerprint density at radius 2 is 0.500 bits per heavy atom. The van der Waals surface area contributed by atoms with E-state index >= 15 is 0 Å². The van der Waals surface area contributed by atoms with Crippen molar-refractivity contribution < 1.29 is 0 Å². The van der Waals surface area contributed by atoms with E-state index in [4.69, 9.17) is 0 Å². The van der Waals surface area contributed by atoms with Crippen LogP contribution in [0.25, 0.3) is 0 Å². The molecule has 0 N–H and O–H groups in total. The molecular formula is C32H32P2. The summed E-state index contributed by atoms with van der Waals surface area (Å²) in [5.74, 6) is 0. The van der Waals surface area contributed by atoms with Gasteiger partial charge in [0.15, 0.2) is 0 Å². The van der Waals surface area contributed by atoms with Gasteiger partial charge in [0.25, 0.3) is 0 Å². The molecule has 5 rings (SSSR count). The Kier molecular flexibility index (Phi) is 6.47. The Morgan fingerprint density at radius 1 is 0.294 bits per heavy atom. The van der Waals surface area contributed by atoms with E-state index in [9.17, 15) is 0 Å². The van der Waals surface area contributed by atoms with Gasteiger partial charge in [-0.05, 0) is 0 Å². The third kappa shape index (κ3) is 3.92. The van der Waals surface area contributed by atoms with Crippen LogP contribution in [0.15, 0.2) is 146 Å². The van der Waals surface area contributed by atoms with E-state index in [2.05, 4.69) is 159 Å². The number of hydrogen-bond acceptors (Lipinski definition) is 0. The van der Waals surface area contributed by atoms with Crippen molar-refractivity contribution in [3.05, 3.63) is 146 Å². The van der Waals surface area contributed by atoms with Crippen LogP contribution >= 0.6 is 14.5 Å². The van der Waals surface area contributed by atoms with Crippen LogP contribution in [-0.2, 0) is 0 Å². The van der Waals surface area contributed by atoms with E-state index in [1.807, 2.05) is 0 Å². The second-order valence-electron chi connectivity index (χ2n) is 9.26. The summed E-state index contributed by atoms with van der Waals surface area (Å²) in [6, 6.07) is 54.0. The Labute approximate surface area is 205 Å². The molecule has 0 atom stereocenters. The molecule has 34 heavy (non-hydrogen) atoms. The molecule has 0 saturated heterocycles. The Morgan fingerprint density at radius 3 is 0.735 bits per heavy atom. The first kappa shape index (κ1) is 22.7. The fourth-order valence-corrected chi connectivity index (χ4v) is 14.3. The molecule has 0 aliphatic carbocycles. The van der Waals surface area contributed by atoms with Crippen molar-refractivity contribution in [1.82, 2.24) is 0 Å². The van der Waals surface area contributed by atoms with Gasteiger partial charge in [-0.3, -0.25) is 0 Å². The first-order valence-corrected chi connectivity index (χ1v) is 17.0. The van der Waals surface area contributed by atoms with Gasteiger partial charge >= 0.3 is 205 Å². The van der Waals surface area contributed by atoms with Crippen molar-refractivity contribution in [1.29, 1.82) is 0 Å². The van der Waals surface area contributed by atoms with Crippen molar-refractivity contribution in [2.75, 3.05) is 13.3 Å². The quantitative estimate of drug-likeness (QED) is 0.302. The molecule has 0 aromatic heterocycles. The minimum atomic E-state index is -2.26. The van der Waals surface area contributed by atoms with Crippen LogP contribution in [0.2, 0.25) is 0 Å². The SMILES string of the molecule is C[PH](c1ccccc1)(c1ccccc1)c1ccccc1[PH](C)(c1ccccc1)c1ccccc1. The van der Waals surface area contributed by atoms with Gasteiger partial charge in [0, 0.05) is 0 Å². The molecule has 0 nitrogen and oxygen atoms in total. The standard InChI is InChI=1S/C32H32P2/c1-33(27-17-7-3-8-18-27,28-19-9-4-10-20-28)31-25-15-16-26-32(31)34(2,29-21-11-5-12-22-29)30-23-13-6-14-24-30/h3-26,33-34H,1-2H3. The Bertz CT molecular complexity index is 1160. The molecule has 170 valence electrons. The van der Waals surface area contributed by atoms with Crippen molar-refractivity contribution in [3.63, 3.8) is 0 Å². The summed E-state index contributed by atoms with van der Waals surface area (Å²) < 4.78 is 0. The van der Waals surface area contributed by atoms with Crippen molar-refractivity contribution >= 4 is 46.4 Å². The van der Waals surface area contributed by atoms with Gasteiger partial charge in [0.2, 0.25) is 0 Å². The van der Waals surface area contributed by atoms with E-state index in [-0.39, 0.29) is 0 Å². The molecule has 0 unspecified atom stereocenters. The fourth-order valence-electron chi connectivity index (χ4n) is 5.40. The molecule has 0 fully saturated rings. The van der Waals surface area contributed by atoms with Crippen molar-refractivity contribution in [3.8, 4) is 0 Å². The van der Waals surface area contributed by atoms with Gasteiger partial charge in [-0.2, -0.15) is 0 Å². The molecule has 0 aliphatic rings. The van der Waals surface area contributed by atoms with Gasteiger partial charge in [-0.15, -0.1) is 0 Å². The zero-order valence-corrected chi connectivity index (χ0v) is 21.9. The van der Waals surface area contributed by atoms with Crippen LogP contribution in [0, 0.1) is 0 Å². The molecular weight excluding hydrogens is 446 g/mol. The normalized spacial score (nSPS) is 12.8. The van der Waals surface area contributed by atoms with Gasteiger partial charge in [0.1, 0.15) is 0 Å². The monoisotopic (exact) mass is 478 g/mol. The zero-order chi connectivity index (χ0) is 23.4. The summed E-state index contributed by atoms with van der Waals surface area (Å²) in [5.41, 5.74) is 0. The molecule has 0 saturated carbocycles. The summed E-state index contributed by atoms with van der Waals surface area (Å²) in [5, 5.41) is 8.85. The third-order valence-corrected chi connectivity index (χ3v) is 16.6. The first-order chi connectivity index (χ1) is 16.6. The van der Waals surface area contributed by atoms with E-state index in [1.165, 1.54) is 31.8 Å². The predicted octanol–water partition coefficient (Wildman–Crippen LogP) is 5.00. The molecule has 5 aromatic carbocycles. The fraction of sp³-hybridized carbons (Fsp3) is 0.0625. The molecule has 5 aromatic rings. The molecule has 0 heterocycles. The Balaban J connectivity index is 1.85. The molecule has 0 bridgehead atoms. The van der Waals surface area contributed by atoms with Gasteiger partial charge in [-0.1, -0.05) is 0 Å². The average molecular weight is 479 g/mol. The zero-order valence-electron chi connectivity index (χ0n) is 19.9. The average Bonchev–Trinajstić information content (AvgIpc) is 2.94. The number of benzene rings is 5. The minimum absolute atomic E-state index is 1.45. The molecule has 2 heteroatoms. The van der Waals surface area contributed by atoms with Crippen LogP contribution in [0.4, 0.5) is 0 Å². The van der Waals surface area contributed by atoms with Crippen LogP contribution in [0.3, 0.4) is 0 Å². The maximum absolute atomic E-state index is 2.53. The second-order valence-corrected chi connectivity index (χ2v) is 17.1. The van der Waals surface area contributed by atoms with Crippen LogP contribution in [-0.4, -0.2) is 13.3 Å². The maximum atomic E-state index is 2.53. The van der Waals surface area contributed by atoms with E-state index < -0.39 is 14.5 Å². The topological polar surface area (TPSA) is 0 Å². The van der Waals surface area contributed by atoms with Gasteiger partial charge in [0.05, 0.1) is 0 Å². The van der Waals surface area contributed by atoms with E-state index in [0.29, 0.717) is 0 Å². The summed E-state index contributed by atoms with van der Waals surface area (Å²) in [6.07, 6.45) is 0. The third-order valence-electron chi connectivity index (χ3n) is 7.41. The summed E-state index contributed by atoms with van der Waals surface area (Å²) >= 11 is 0. The Hall–Kier alpha value is -3.04. The van der Waals surface area contributed by atoms with Crippen molar-refractivity contribution in [2.45, 2.75) is 0 Å². The van der Waals surface area contributed by atoms with E-state index in [1.54, 1.807) is 0 Å². The molecule has 0 radical (unpaired) electrons. The van der Waals surface area contributed by atoms with Crippen LogP contribution in [0.1, 0.15) is 0 Å². The van der Waals surface area contributed by atoms with Gasteiger partial charge in [-0.25, -0.2) is 0 Å². The van der Waals surface area contributed by atoms with Gasteiger partial charge < -0.3 is 0 Å². The van der Waals surface area contributed by atoms with Crippen LogP contribution < -0.4 is 31.8 Å². The van der Waals surface area contributed by atoms with Crippen LogP contribution in [0.5, 0.6) is 0 Å². The van der Waals surface area contributed by atoms with Crippen molar-refractivity contribution in [2.24, 2.45) is 0 Å². The van der Waals surface area contributed by atoms with E-state index in [0.717, 1.165) is 0 Å². The molecule has 0 spiro atoms. The number of hydrogen-bond donors (Lipinski definition) is 0. The first-order valence-electron chi connectivity index (χ1n) is 12.0. The summed E-state index contributed by atoms with van der Waals surface area (Å²) in [6.45, 7) is 5.06. The molecule has 0 aliphatic heterocycles.